The van der Waals surface area contributed by atoms with Crippen molar-refractivity contribution in [3.63, 3.8) is 0 Å². The Balaban J connectivity index is 3.47. The Morgan fingerprint density at radius 1 is 1.17 bits per heavy atom. The molecule has 70 valence electrons. The van der Waals surface area contributed by atoms with Crippen LogP contribution in [0.1, 0.15) is 52.9 Å². The van der Waals surface area contributed by atoms with Crippen LogP contribution in [0.4, 0.5) is 0 Å². The maximum absolute atomic E-state index is 2.30. The zero-order chi connectivity index (χ0) is 9.23. The number of allylic oxidation sites excluding steroid dienone is 4. The van der Waals surface area contributed by atoms with Gasteiger partial charge >= 0.3 is 0 Å². The molecule has 0 fully saturated rings. The van der Waals surface area contributed by atoms with Crippen molar-refractivity contribution in [2.45, 2.75) is 52.9 Å². The summed E-state index contributed by atoms with van der Waals surface area (Å²) in [6.07, 6.45) is 13.2. The van der Waals surface area contributed by atoms with Crippen LogP contribution in [0.2, 0.25) is 0 Å². The monoisotopic (exact) mass is 166 g/mol. The van der Waals surface area contributed by atoms with E-state index in [0.717, 1.165) is 6.42 Å². The molecule has 0 amide bonds. The third kappa shape index (κ3) is 6.21. The molecule has 0 radical (unpaired) electrons. The van der Waals surface area contributed by atoms with E-state index >= 15 is 0 Å². The van der Waals surface area contributed by atoms with Gasteiger partial charge in [-0.05, 0) is 26.2 Å². The Labute approximate surface area is 77.4 Å². The molecule has 0 N–H and O–H groups in total. The van der Waals surface area contributed by atoms with Crippen LogP contribution >= 0.6 is 0 Å². The van der Waals surface area contributed by atoms with Crippen molar-refractivity contribution in [1.82, 2.24) is 0 Å². The van der Waals surface area contributed by atoms with Crippen LogP contribution in [0.15, 0.2) is 23.8 Å². The van der Waals surface area contributed by atoms with E-state index < -0.39 is 0 Å². The molecule has 0 nitrogen and oxygen atoms in total. The summed E-state index contributed by atoms with van der Waals surface area (Å²) in [5, 5.41) is 0. The Hall–Kier alpha value is -0.520. The molecule has 0 aliphatic carbocycles. The summed E-state index contributed by atoms with van der Waals surface area (Å²) in [6.45, 7) is 6.55. The van der Waals surface area contributed by atoms with E-state index in [9.17, 15) is 0 Å². The van der Waals surface area contributed by atoms with Crippen molar-refractivity contribution in [2.75, 3.05) is 0 Å². The van der Waals surface area contributed by atoms with Crippen molar-refractivity contribution in [1.29, 1.82) is 0 Å². The van der Waals surface area contributed by atoms with Gasteiger partial charge in [-0.15, -0.1) is 0 Å². The highest BCUT2D eigenvalue weighted by Gasteiger charge is 1.84. The zero-order valence-corrected chi connectivity index (χ0v) is 8.77. The Morgan fingerprint density at radius 2 is 1.92 bits per heavy atom. The van der Waals surface area contributed by atoms with Crippen molar-refractivity contribution in [3.05, 3.63) is 23.8 Å². The molecule has 0 unspecified atom stereocenters. The predicted molar refractivity (Wildman–Crippen MR) is 57.3 cm³/mol. The molecule has 0 atom stereocenters. The molecule has 0 heterocycles. The summed E-state index contributed by atoms with van der Waals surface area (Å²) in [5.74, 6) is 0. The van der Waals surface area contributed by atoms with Gasteiger partial charge in [0.2, 0.25) is 0 Å². The fourth-order valence-corrected chi connectivity index (χ4v) is 1.17. The van der Waals surface area contributed by atoms with Crippen LogP contribution in [0.3, 0.4) is 0 Å². The maximum atomic E-state index is 2.30. The second-order valence-electron chi connectivity index (χ2n) is 3.12. The van der Waals surface area contributed by atoms with Crippen molar-refractivity contribution in [2.24, 2.45) is 0 Å². The van der Waals surface area contributed by atoms with Crippen LogP contribution in [-0.2, 0) is 0 Å². The van der Waals surface area contributed by atoms with Gasteiger partial charge in [-0.25, -0.2) is 0 Å². The first kappa shape index (κ1) is 11.5. The molecule has 12 heavy (non-hydrogen) atoms. The first-order chi connectivity index (χ1) is 5.85. The summed E-state index contributed by atoms with van der Waals surface area (Å²) in [7, 11) is 0. The molecule has 0 aliphatic rings. The van der Waals surface area contributed by atoms with Gasteiger partial charge in [0.25, 0.3) is 0 Å². The van der Waals surface area contributed by atoms with Crippen molar-refractivity contribution < 1.29 is 0 Å². The van der Waals surface area contributed by atoms with E-state index in [4.69, 9.17) is 0 Å². The van der Waals surface area contributed by atoms with Crippen LogP contribution < -0.4 is 0 Å². The lowest BCUT2D eigenvalue weighted by Crippen LogP contribution is -1.74. The van der Waals surface area contributed by atoms with E-state index in [2.05, 4.69) is 39.0 Å². The largest absolute Gasteiger partial charge is 0.0845 e. The second kappa shape index (κ2) is 8.58. The average molecular weight is 166 g/mol. The Kier molecular flexibility index (Phi) is 8.20. The first-order valence-electron chi connectivity index (χ1n) is 5.16. The standard InChI is InChI=1S/C12H22/c1-4-7-8-9-10-11-12(5-2)6-3/h5,10-11H,4,6-9H2,1-3H3. The maximum Gasteiger partial charge on any atom is -0.0311 e. The van der Waals surface area contributed by atoms with Crippen molar-refractivity contribution in [3.8, 4) is 0 Å². The van der Waals surface area contributed by atoms with E-state index in [0.29, 0.717) is 0 Å². The minimum atomic E-state index is 1.15. The lowest BCUT2D eigenvalue weighted by atomic mass is 10.1. The summed E-state index contributed by atoms with van der Waals surface area (Å²) < 4.78 is 0. The molecule has 0 aromatic carbocycles. The molecule has 0 aromatic heterocycles. The lowest BCUT2D eigenvalue weighted by Gasteiger charge is -1.94. The van der Waals surface area contributed by atoms with Crippen LogP contribution in [0.5, 0.6) is 0 Å². The number of rotatable bonds is 6. The number of unbranched alkanes of at least 4 members (excludes halogenated alkanes) is 3. The third-order valence-corrected chi connectivity index (χ3v) is 2.09. The van der Waals surface area contributed by atoms with E-state index in [1.54, 1.807) is 0 Å². The van der Waals surface area contributed by atoms with Crippen LogP contribution in [0.25, 0.3) is 0 Å². The molecule has 0 heteroatoms. The average Bonchev–Trinajstić information content (AvgIpc) is 2.11. The van der Waals surface area contributed by atoms with Gasteiger partial charge < -0.3 is 0 Å². The van der Waals surface area contributed by atoms with E-state index in [1.165, 1.54) is 31.3 Å². The molecule has 0 saturated carbocycles. The molecule has 0 saturated heterocycles. The predicted octanol–water partition coefficient (Wildman–Crippen LogP) is 4.48. The first-order valence-corrected chi connectivity index (χ1v) is 5.16. The number of hydrogen-bond donors (Lipinski definition) is 0. The summed E-state index contributed by atoms with van der Waals surface area (Å²) in [6, 6.07) is 0. The summed E-state index contributed by atoms with van der Waals surface area (Å²) >= 11 is 0. The molecule has 0 aliphatic heterocycles. The van der Waals surface area contributed by atoms with Gasteiger partial charge in [0.05, 0.1) is 0 Å². The molecule has 0 rings (SSSR count). The van der Waals surface area contributed by atoms with Crippen LogP contribution in [-0.4, -0.2) is 0 Å². The quantitative estimate of drug-likeness (QED) is 0.403. The van der Waals surface area contributed by atoms with Crippen LogP contribution in [0, 0.1) is 0 Å². The SMILES string of the molecule is CC=C(C=CCCCCC)CC. The van der Waals surface area contributed by atoms with Gasteiger partial charge in [-0.1, -0.05) is 50.5 Å². The normalized spacial score (nSPS) is 12.8. The highest BCUT2D eigenvalue weighted by atomic mass is 13.9. The van der Waals surface area contributed by atoms with Gasteiger partial charge in [0.1, 0.15) is 0 Å². The fraction of sp³-hybridized carbons (Fsp3) is 0.667. The van der Waals surface area contributed by atoms with E-state index in [1.807, 2.05) is 0 Å². The lowest BCUT2D eigenvalue weighted by molar-refractivity contribution is 0.729. The fourth-order valence-electron chi connectivity index (χ4n) is 1.17. The molecule has 0 aromatic rings. The highest BCUT2D eigenvalue weighted by molar-refractivity contribution is 5.16. The Morgan fingerprint density at radius 3 is 2.42 bits per heavy atom. The zero-order valence-electron chi connectivity index (χ0n) is 8.77. The minimum Gasteiger partial charge on any atom is -0.0845 e. The molecule has 0 spiro atoms. The minimum absolute atomic E-state index is 1.15. The Bertz CT molecular complexity index is 140. The third-order valence-electron chi connectivity index (χ3n) is 2.09. The molecule has 0 bridgehead atoms. The van der Waals surface area contributed by atoms with Gasteiger partial charge in [0.15, 0.2) is 0 Å². The smallest absolute Gasteiger partial charge is 0.0311 e. The summed E-state index contributed by atoms with van der Waals surface area (Å²) in [4.78, 5) is 0. The van der Waals surface area contributed by atoms with E-state index in [-0.39, 0.29) is 0 Å². The molecular weight excluding hydrogens is 144 g/mol. The topological polar surface area (TPSA) is 0 Å². The van der Waals surface area contributed by atoms with Crippen molar-refractivity contribution >= 4 is 0 Å². The van der Waals surface area contributed by atoms with Gasteiger partial charge in [0, 0.05) is 0 Å². The summed E-state index contributed by atoms with van der Waals surface area (Å²) in [5.41, 5.74) is 1.45. The number of hydrogen-bond acceptors (Lipinski definition) is 0. The highest BCUT2D eigenvalue weighted by Crippen LogP contribution is 2.05. The second-order valence-corrected chi connectivity index (χ2v) is 3.12. The molecular formula is C12H22. The van der Waals surface area contributed by atoms with Gasteiger partial charge in [-0.3, -0.25) is 0 Å². The van der Waals surface area contributed by atoms with Gasteiger partial charge in [-0.2, -0.15) is 0 Å².